The summed E-state index contributed by atoms with van der Waals surface area (Å²) in [4.78, 5) is 4.45. The number of hydrogen-bond donors (Lipinski definition) is 0. The highest BCUT2D eigenvalue weighted by Crippen LogP contribution is 2.40. The second-order valence-corrected chi connectivity index (χ2v) is 11.0. The van der Waals surface area contributed by atoms with Crippen molar-refractivity contribution in [2.45, 2.75) is 58.2 Å². The van der Waals surface area contributed by atoms with E-state index in [1.807, 2.05) is 0 Å². The Kier molecular flexibility index (Phi) is 3.76. The fraction of sp³-hybridized carbons (Fsp3) is 0.750. The number of aromatic nitrogens is 1. The van der Waals surface area contributed by atoms with E-state index in [1.165, 1.54) is 0 Å². The molecule has 2 nitrogen and oxygen atoms in total. The molecule has 1 aromatic heterocycles. The van der Waals surface area contributed by atoms with E-state index in [1.54, 1.807) is 12.5 Å². The summed E-state index contributed by atoms with van der Waals surface area (Å²) in [6.45, 7) is 13.9. The highest BCUT2D eigenvalue weighted by Gasteiger charge is 2.35. The Balaban J connectivity index is 3.27. The highest BCUT2D eigenvalue weighted by molar-refractivity contribution is 6.93. The van der Waals surface area contributed by atoms with Crippen LogP contribution in [0, 0.1) is 0 Å². The zero-order valence-corrected chi connectivity index (χ0v) is 11.7. The first-order valence-corrected chi connectivity index (χ1v) is 8.07. The lowest BCUT2D eigenvalue weighted by atomic mass is 10.5. The van der Waals surface area contributed by atoms with Crippen LogP contribution in [-0.4, -0.2) is 13.1 Å². The predicted octanol–water partition coefficient (Wildman–Crippen LogP) is 3.56. The van der Waals surface area contributed by atoms with Gasteiger partial charge in [-0.05, 0) is 8.07 Å². The van der Waals surface area contributed by atoms with E-state index in [0.29, 0.717) is 16.6 Å². The summed E-state index contributed by atoms with van der Waals surface area (Å²) < 4.78 is 5.63. The van der Waals surface area contributed by atoms with Gasteiger partial charge in [0.1, 0.15) is 6.26 Å². The van der Waals surface area contributed by atoms with Crippen LogP contribution in [0.25, 0.3) is 0 Å². The molecule has 0 bridgehead atoms. The monoisotopic (exact) mass is 225 g/mol. The molecule has 0 fully saturated rings. The van der Waals surface area contributed by atoms with Crippen LogP contribution in [0.2, 0.25) is 16.6 Å². The van der Waals surface area contributed by atoms with E-state index in [-0.39, 0.29) is 0 Å². The van der Waals surface area contributed by atoms with Gasteiger partial charge < -0.3 is 4.42 Å². The van der Waals surface area contributed by atoms with Crippen LogP contribution < -0.4 is 5.51 Å². The van der Waals surface area contributed by atoms with E-state index in [9.17, 15) is 0 Å². The van der Waals surface area contributed by atoms with Crippen molar-refractivity contribution in [2.24, 2.45) is 0 Å². The fourth-order valence-electron chi connectivity index (χ4n) is 3.18. The van der Waals surface area contributed by atoms with E-state index < -0.39 is 8.07 Å². The van der Waals surface area contributed by atoms with Crippen LogP contribution >= 0.6 is 0 Å². The van der Waals surface area contributed by atoms with Gasteiger partial charge in [-0.25, -0.2) is 0 Å². The van der Waals surface area contributed by atoms with E-state index >= 15 is 0 Å². The van der Waals surface area contributed by atoms with E-state index in [2.05, 4.69) is 46.5 Å². The lowest BCUT2D eigenvalue weighted by molar-refractivity contribution is 0.580. The maximum absolute atomic E-state index is 5.63. The smallest absolute Gasteiger partial charge is 0.106 e. The molecule has 15 heavy (non-hydrogen) atoms. The minimum Gasteiger partial charge on any atom is -0.486 e. The molecule has 0 aliphatic carbocycles. The van der Waals surface area contributed by atoms with Gasteiger partial charge in [0, 0.05) is 5.51 Å². The van der Waals surface area contributed by atoms with Crippen molar-refractivity contribution in [1.29, 1.82) is 0 Å². The van der Waals surface area contributed by atoms with Crippen molar-refractivity contribution in [1.82, 2.24) is 4.98 Å². The third-order valence-corrected chi connectivity index (χ3v) is 10.4. The molecule has 0 radical (unpaired) electrons. The number of oxazole rings is 1. The third kappa shape index (κ3) is 1.89. The lowest BCUT2D eigenvalue weighted by Gasteiger charge is -2.51. The molecule has 1 rings (SSSR count). The van der Waals surface area contributed by atoms with Gasteiger partial charge in [0.05, 0.1) is 6.20 Å². The van der Waals surface area contributed by atoms with Crippen LogP contribution in [0.15, 0.2) is 16.9 Å². The Labute approximate surface area is 94.1 Å². The molecule has 3 heteroatoms. The molecule has 0 saturated heterocycles. The van der Waals surface area contributed by atoms with Gasteiger partial charge in [-0.3, -0.25) is 4.98 Å². The van der Waals surface area contributed by atoms with Crippen molar-refractivity contribution in [3.05, 3.63) is 12.5 Å². The third-order valence-electron chi connectivity index (χ3n) is 3.67. The van der Waals surface area contributed by atoms with Gasteiger partial charge in [0.25, 0.3) is 0 Å². The quantitative estimate of drug-likeness (QED) is 0.732. The maximum atomic E-state index is 5.63. The molecule has 0 aliphatic heterocycles. The standard InChI is InChI=1S/C12H23NOSi/c1-9(2)15(10(3)4,11(5)6)12-13-7-8-14-12/h7-11H,1-6H3/q-1. The summed E-state index contributed by atoms with van der Waals surface area (Å²) >= 11 is 0. The first kappa shape index (κ1) is 12.5. The molecule has 0 amide bonds. The Bertz CT molecular complexity index is 269. The second kappa shape index (κ2) is 4.52. The minimum absolute atomic E-state index is 0.663. The molecule has 0 N–H and O–H groups in total. The maximum Gasteiger partial charge on any atom is 0.106 e. The average molecular weight is 225 g/mol. The first-order valence-electron chi connectivity index (χ1n) is 5.84. The number of nitrogens with zero attached hydrogens (tertiary/aromatic N) is 1. The zero-order chi connectivity index (χ0) is 11.6. The number of rotatable bonds is 4. The second-order valence-electron chi connectivity index (χ2n) is 5.23. The molecule has 0 aliphatic rings. The normalized spacial score (nSPS) is 13.1. The molecule has 0 aromatic carbocycles. The van der Waals surface area contributed by atoms with Crippen LogP contribution in [0.4, 0.5) is 0 Å². The molecule has 1 aromatic rings. The van der Waals surface area contributed by atoms with Crippen LogP contribution in [0.5, 0.6) is 0 Å². The van der Waals surface area contributed by atoms with Gasteiger partial charge >= 0.3 is 0 Å². The summed E-state index contributed by atoms with van der Waals surface area (Å²) in [6, 6.07) is 0. The predicted molar refractivity (Wildman–Crippen MR) is 67.2 cm³/mol. The van der Waals surface area contributed by atoms with Crippen molar-refractivity contribution in [3.63, 3.8) is 0 Å². The topological polar surface area (TPSA) is 26.0 Å². The van der Waals surface area contributed by atoms with E-state index in [4.69, 9.17) is 4.42 Å². The molecule has 0 atom stereocenters. The summed E-state index contributed by atoms with van der Waals surface area (Å²) in [5, 5.41) is 0. The molecule has 0 unspecified atom stereocenters. The molecular weight excluding hydrogens is 202 g/mol. The van der Waals surface area contributed by atoms with Crippen molar-refractivity contribution in [3.8, 4) is 0 Å². The zero-order valence-electron chi connectivity index (χ0n) is 10.7. The molecular formula is C12H23NOSi-. The summed E-state index contributed by atoms with van der Waals surface area (Å²) in [5.74, 6) is 0. The van der Waals surface area contributed by atoms with E-state index in [0.717, 1.165) is 5.51 Å². The van der Waals surface area contributed by atoms with Gasteiger partial charge in [-0.2, -0.15) is 0 Å². The van der Waals surface area contributed by atoms with Crippen molar-refractivity contribution in [2.75, 3.05) is 0 Å². The van der Waals surface area contributed by atoms with Crippen LogP contribution in [-0.2, 0) is 0 Å². The summed E-state index contributed by atoms with van der Waals surface area (Å²) in [7, 11) is -1.63. The average Bonchev–Trinajstić information content (AvgIpc) is 2.55. The minimum atomic E-state index is -1.63. The molecule has 87 valence electrons. The molecule has 1 heterocycles. The molecule has 0 spiro atoms. The Hall–Kier alpha value is -0.573. The summed E-state index contributed by atoms with van der Waals surface area (Å²) in [6.07, 6.45) is 3.49. The Morgan fingerprint density at radius 3 is 1.73 bits per heavy atom. The number of hydrogen-bond acceptors (Lipinski definition) is 2. The Morgan fingerprint density at radius 2 is 1.47 bits per heavy atom. The van der Waals surface area contributed by atoms with Gasteiger partial charge in [0.15, 0.2) is 0 Å². The van der Waals surface area contributed by atoms with Gasteiger partial charge in [-0.15, -0.1) is 16.6 Å². The van der Waals surface area contributed by atoms with Gasteiger partial charge in [0.2, 0.25) is 0 Å². The molecule has 0 saturated carbocycles. The SMILES string of the molecule is CC(C)[Si-](c1ncco1)(C(C)C)C(C)C. The lowest BCUT2D eigenvalue weighted by Crippen LogP contribution is -2.56. The van der Waals surface area contributed by atoms with Crippen molar-refractivity contribution >= 4 is 13.6 Å². The van der Waals surface area contributed by atoms with Crippen molar-refractivity contribution < 1.29 is 4.42 Å². The Morgan fingerprint density at radius 1 is 1.00 bits per heavy atom. The largest absolute Gasteiger partial charge is 0.486 e. The highest BCUT2D eigenvalue weighted by atomic mass is 28.3. The fourth-order valence-corrected chi connectivity index (χ4v) is 9.23. The van der Waals surface area contributed by atoms with Gasteiger partial charge in [-0.1, -0.05) is 41.5 Å². The van der Waals surface area contributed by atoms with Crippen LogP contribution in [0.1, 0.15) is 41.5 Å². The first-order chi connectivity index (χ1) is 6.94. The van der Waals surface area contributed by atoms with Crippen LogP contribution in [0.3, 0.4) is 0 Å². The summed E-state index contributed by atoms with van der Waals surface area (Å²) in [5.41, 5.74) is 3.02.